The van der Waals surface area contributed by atoms with Crippen molar-refractivity contribution >= 4 is 13.7 Å². The summed E-state index contributed by atoms with van der Waals surface area (Å²) in [6.45, 7) is 4.67. The fourth-order valence-corrected chi connectivity index (χ4v) is 7.51. The molecule has 3 unspecified atom stereocenters. The van der Waals surface area contributed by atoms with E-state index in [1.54, 1.807) is 6.08 Å². The SMILES string of the molecule is CC/C=C\C/C=C\C/C=C\C/C=C\C/C=C\CCCCCC(=O)NC(COP(=O)(O)OCC[N+](C)(C)C)C(O)/C=C/CCCCCCCCCCCCCCCCCCCC. The molecule has 0 fully saturated rings. The molecule has 0 spiro atoms. The van der Waals surface area contributed by atoms with Gasteiger partial charge in [0.2, 0.25) is 5.91 Å². The second kappa shape index (κ2) is 43.2. The maximum atomic E-state index is 12.9. The zero-order valence-electron chi connectivity index (χ0n) is 40.1. The number of amides is 1. The van der Waals surface area contributed by atoms with Gasteiger partial charge in [-0.3, -0.25) is 13.8 Å². The number of carbonyl (C=O) groups is 1. The Labute approximate surface area is 376 Å². The van der Waals surface area contributed by atoms with Crippen LogP contribution in [0.4, 0.5) is 0 Å². The van der Waals surface area contributed by atoms with Gasteiger partial charge in [-0.05, 0) is 64.2 Å². The van der Waals surface area contributed by atoms with Crippen LogP contribution >= 0.6 is 7.82 Å². The van der Waals surface area contributed by atoms with Crippen LogP contribution in [0.15, 0.2) is 72.9 Å². The summed E-state index contributed by atoms with van der Waals surface area (Å²) in [4.78, 5) is 23.2. The lowest BCUT2D eigenvalue weighted by Gasteiger charge is -2.25. The highest BCUT2D eigenvalue weighted by molar-refractivity contribution is 7.47. The summed E-state index contributed by atoms with van der Waals surface area (Å²) in [7, 11) is 1.54. The number of nitrogens with zero attached hydrogens (tertiary/aromatic N) is 1. The number of hydrogen-bond donors (Lipinski definition) is 3. The molecule has 3 N–H and O–H groups in total. The number of phosphoric acid groups is 1. The van der Waals surface area contributed by atoms with Crippen molar-refractivity contribution in [1.82, 2.24) is 5.32 Å². The van der Waals surface area contributed by atoms with E-state index in [0.29, 0.717) is 17.4 Å². The molecule has 0 radical (unpaired) electrons. The molecular formula is C52H96N2O6P+. The third-order valence-corrected chi connectivity index (χ3v) is 11.7. The zero-order valence-corrected chi connectivity index (χ0v) is 41.0. The molecule has 0 saturated heterocycles. The number of unbranched alkanes of at least 4 members (excludes halogenated alkanes) is 21. The average molecular weight is 876 g/mol. The van der Waals surface area contributed by atoms with Crippen LogP contribution in [0.2, 0.25) is 0 Å². The van der Waals surface area contributed by atoms with Crippen molar-refractivity contribution in [3.63, 3.8) is 0 Å². The Balaban J connectivity index is 4.43. The molecule has 0 aliphatic carbocycles. The van der Waals surface area contributed by atoms with Gasteiger partial charge >= 0.3 is 7.82 Å². The number of likely N-dealkylation sites (N-methyl/N-ethyl adjacent to an activating group) is 1. The van der Waals surface area contributed by atoms with Crippen LogP contribution in [0.3, 0.4) is 0 Å². The fourth-order valence-electron chi connectivity index (χ4n) is 6.77. The largest absolute Gasteiger partial charge is 0.472 e. The van der Waals surface area contributed by atoms with Gasteiger partial charge in [0.15, 0.2) is 0 Å². The van der Waals surface area contributed by atoms with Crippen LogP contribution < -0.4 is 5.32 Å². The molecule has 0 bridgehead atoms. The maximum absolute atomic E-state index is 12.9. The molecule has 0 aromatic heterocycles. The van der Waals surface area contributed by atoms with E-state index in [4.69, 9.17) is 9.05 Å². The molecule has 0 saturated carbocycles. The van der Waals surface area contributed by atoms with Gasteiger partial charge in [-0.1, -0.05) is 202 Å². The molecule has 8 nitrogen and oxygen atoms in total. The summed E-state index contributed by atoms with van der Waals surface area (Å²) in [6.07, 6.45) is 58.3. The van der Waals surface area contributed by atoms with Gasteiger partial charge in [-0.25, -0.2) is 4.57 Å². The smallest absolute Gasteiger partial charge is 0.387 e. The second-order valence-corrected chi connectivity index (χ2v) is 19.3. The van der Waals surface area contributed by atoms with E-state index in [0.717, 1.165) is 77.0 Å². The Morgan fingerprint density at radius 3 is 1.44 bits per heavy atom. The first kappa shape index (κ1) is 58.9. The number of carbonyl (C=O) groups excluding carboxylic acids is 1. The summed E-state index contributed by atoms with van der Waals surface area (Å²) in [6, 6.07) is -0.868. The lowest BCUT2D eigenvalue weighted by molar-refractivity contribution is -0.870. The minimum absolute atomic E-state index is 0.0514. The van der Waals surface area contributed by atoms with Crippen molar-refractivity contribution in [3.05, 3.63) is 72.9 Å². The Kier molecular flexibility index (Phi) is 41.7. The molecule has 0 aliphatic rings. The van der Waals surface area contributed by atoms with Crippen LogP contribution in [0.25, 0.3) is 0 Å². The molecule has 0 rings (SSSR count). The minimum Gasteiger partial charge on any atom is -0.387 e. The monoisotopic (exact) mass is 876 g/mol. The van der Waals surface area contributed by atoms with Gasteiger partial charge in [0, 0.05) is 6.42 Å². The Hall–Kier alpha value is -2.06. The van der Waals surface area contributed by atoms with E-state index in [1.807, 2.05) is 27.2 Å². The van der Waals surface area contributed by atoms with Crippen LogP contribution in [0, 0.1) is 0 Å². The van der Waals surface area contributed by atoms with Crippen LogP contribution in [-0.4, -0.2) is 73.4 Å². The molecular weight excluding hydrogens is 780 g/mol. The van der Waals surface area contributed by atoms with Crippen LogP contribution in [0.5, 0.6) is 0 Å². The van der Waals surface area contributed by atoms with Gasteiger partial charge in [-0.2, -0.15) is 0 Å². The number of phosphoric ester groups is 1. The van der Waals surface area contributed by atoms with Crippen LogP contribution in [-0.2, 0) is 18.4 Å². The summed E-state index contributed by atoms with van der Waals surface area (Å²) >= 11 is 0. The molecule has 0 heterocycles. The third kappa shape index (κ3) is 45.8. The predicted octanol–water partition coefficient (Wildman–Crippen LogP) is 14.4. The van der Waals surface area contributed by atoms with Crippen molar-refractivity contribution in [1.29, 1.82) is 0 Å². The number of rotatable bonds is 44. The Morgan fingerprint density at radius 2 is 0.984 bits per heavy atom. The number of nitrogens with one attached hydrogen (secondary N) is 1. The van der Waals surface area contributed by atoms with Gasteiger partial charge < -0.3 is 19.8 Å². The van der Waals surface area contributed by atoms with Crippen molar-refractivity contribution in [2.75, 3.05) is 40.9 Å². The highest BCUT2D eigenvalue weighted by Crippen LogP contribution is 2.43. The van der Waals surface area contributed by atoms with Gasteiger partial charge in [0.05, 0.1) is 39.9 Å². The molecule has 61 heavy (non-hydrogen) atoms. The lowest BCUT2D eigenvalue weighted by atomic mass is 10.0. The number of aliphatic hydroxyl groups excluding tert-OH is 1. The van der Waals surface area contributed by atoms with Crippen LogP contribution in [0.1, 0.15) is 200 Å². The first-order valence-corrected chi connectivity index (χ1v) is 26.3. The van der Waals surface area contributed by atoms with E-state index in [9.17, 15) is 19.4 Å². The second-order valence-electron chi connectivity index (χ2n) is 17.8. The zero-order chi connectivity index (χ0) is 45.0. The fraction of sp³-hybridized carbons (Fsp3) is 0.750. The quantitative estimate of drug-likeness (QED) is 0.0244. The van der Waals surface area contributed by atoms with Crippen molar-refractivity contribution < 1.29 is 32.9 Å². The minimum atomic E-state index is -4.36. The Bertz CT molecular complexity index is 1220. The van der Waals surface area contributed by atoms with Crippen molar-refractivity contribution in [2.45, 2.75) is 212 Å². The molecule has 0 aliphatic heterocycles. The third-order valence-electron chi connectivity index (χ3n) is 10.7. The van der Waals surface area contributed by atoms with Gasteiger partial charge in [-0.15, -0.1) is 0 Å². The molecule has 1 amide bonds. The van der Waals surface area contributed by atoms with Crippen molar-refractivity contribution in [2.24, 2.45) is 0 Å². The highest BCUT2D eigenvalue weighted by atomic mass is 31.2. The summed E-state index contributed by atoms with van der Waals surface area (Å²) < 4.78 is 23.6. The van der Waals surface area contributed by atoms with E-state index in [-0.39, 0.29) is 19.1 Å². The molecule has 0 aromatic carbocycles. The molecule has 9 heteroatoms. The number of allylic oxidation sites excluding steroid dienone is 11. The lowest BCUT2D eigenvalue weighted by Crippen LogP contribution is -2.45. The van der Waals surface area contributed by atoms with Crippen molar-refractivity contribution in [3.8, 4) is 0 Å². The highest BCUT2D eigenvalue weighted by Gasteiger charge is 2.27. The molecule has 0 aromatic rings. The average Bonchev–Trinajstić information content (AvgIpc) is 3.21. The van der Waals surface area contributed by atoms with E-state index < -0.39 is 20.0 Å². The number of aliphatic hydroxyl groups is 1. The predicted molar refractivity (Wildman–Crippen MR) is 263 cm³/mol. The summed E-state index contributed by atoms with van der Waals surface area (Å²) in [5.74, 6) is -0.210. The maximum Gasteiger partial charge on any atom is 0.472 e. The van der Waals surface area contributed by atoms with E-state index in [1.165, 1.54) is 103 Å². The standard InChI is InChI=1S/C52H95N2O6P/c1-6-8-10-12-14-16-18-20-22-24-26-28-29-31-33-35-37-39-41-43-45-51(55)50(49-60-61(57,58)59-48-47-54(3,4)5)53-52(56)46-44-42-40-38-36-34-32-30-27-25-23-21-19-17-15-13-11-9-7-2/h9,11,15,17,21,23,27,30,34,36,43,45,50-51,55H,6-8,10,12-14,16,18-20,22,24-26,28-29,31-33,35,37-42,44,46-49H2,1-5H3,(H-,53,56,57,58)/p+1/b11-9-,17-15-,23-21-,30-27-,36-34-,45-43+. The topological polar surface area (TPSA) is 105 Å². The number of quaternary nitrogens is 1. The summed E-state index contributed by atoms with van der Waals surface area (Å²) in [5.41, 5.74) is 0. The normalized spacial score (nSPS) is 14.8. The van der Waals surface area contributed by atoms with E-state index >= 15 is 0 Å². The number of hydrogen-bond acceptors (Lipinski definition) is 5. The summed E-state index contributed by atoms with van der Waals surface area (Å²) in [5, 5.41) is 13.9. The van der Waals surface area contributed by atoms with E-state index in [2.05, 4.69) is 79.9 Å². The first-order chi connectivity index (χ1) is 29.5. The molecule has 3 atom stereocenters. The van der Waals surface area contributed by atoms with Gasteiger partial charge in [0.1, 0.15) is 13.2 Å². The first-order valence-electron chi connectivity index (χ1n) is 24.8. The Morgan fingerprint density at radius 1 is 0.574 bits per heavy atom. The van der Waals surface area contributed by atoms with Gasteiger partial charge in [0.25, 0.3) is 0 Å². The molecule has 354 valence electrons.